The van der Waals surface area contributed by atoms with Crippen LogP contribution in [0.5, 0.6) is 0 Å². The van der Waals surface area contributed by atoms with Gasteiger partial charge in [0.25, 0.3) is 0 Å². The van der Waals surface area contributed by atoms with Crippen molar-refractivity contribution in [2.75, 3.05) is 4.90 Å². The van der Waals surface area contributed by atoms with Crippen molar-refractivity contribution < 1.29 is 0 Å². The Bertz CT molecular complexity index is 2970. The van der Waals surface area contributed by atoms with Crippen LogP contribution in [0.25, 0.3) is 45.5 Å². The van der Waals surface area contributed by atoms with Gasteiger partial charge in [0, 0.05) is 27.9 Å². The molecule has 0 saturated heterocycles. The van der Waals surface area contributed by atoms with E-state index in [-0.39, 0.29) is 10.8 Å². The first-order valence-electron chi connectivity index (χ1n) is 23.2. The largest absolute Gasteiger partial charge is 0.310 e. The fraction of sp³-hybridized carbons (Fsp3) is 0.138. The molecule has 66 heavy (non-hydrogen) atoms. The van der Waals surface area contributed by atoms with Crippen molar-refractivity contribution in [2.45, 2.75) is 59.3 Å². The molecule has 324 valence electrons. The number of anilines is 3. The van der Waals surface area contributed by atoms with Crippen molar-refractivity contribution >= 4 is 29.2 Å². The Labute approximate surface area is 393 Å². The molecule has 0 unspecified atom stereocenters. The van der Waals surface area contributed by atoms with E-state index >= 15 is 0 Å². The monoisotopic (exact) mass is 853 g/mol. The van der Waals surface area contributed by atoms with Crippen LogP contribution in [0.15, 0.2) is 218 Å². The lowest BCUT2D eigenvalue weighted by molar-refractivity contribution is 0.660. The first kappa shape index (κ1) is 43.8. The first-order valence-corrected chi connectivity index (χ1v) is 23.2. The summed E-state index contributed by atoms with van der Waals surface area (Å²) in [6.07, 6.45) is 4.36. The van der Waals surface area contributed by atoms with E-state index in [1.807, 2.05) is 36.4 Å². The molecule has 0 heterocycles. The zero-order chi connectivity index (χ0) is 45.8. The van der Waals surface area contributed by atoms with Crippen molar-refractivity contribution in [2.24, 2.45) is 0 Å². The van der Waals surface area contributed by atoms with Gasteiger partial charge in [-0.25, -0.2) is 0 Å². The second-order valence-electron chi connectivity index (χ2n) is 18.9. The van der Waals surface area contributed by atoms with Crippen molar-refractivity contribution in [1.82, 2.24) is 0 Å². The fourth-order valence-electron chi connectivity index (χ4n) is 9.64. The number of fused-ring (bicyclic) bond motifs is 6. The van der Waals surface area contributed by atoms with E-state index in [1.54, 1.807) is 0 Å². The molecule has 0 aliphatic heterocycles. The molecule has 0 fully saturated rings. The van der Waals surface area contributed by atoms with E-state index in [2.05, 4.69) is 248 Å². The van der Waals surface area contributed by atoms with Gasteiger partial charge in [-0.15, -0.1) is 0 Å². The molecular formula is C65H59N. The van der Waals surface area contributed by atoms with E-state index in [0.717, 1.165) is 5.69 Å². The van der Waals surface area contributed by atoms with Crippen LogP contribution in [0.3, 0.4) is 0 Å². The van der Waals surface area contributed by atoms with Crippen LogP contribution in [0, 0.1) is 20.8 Å². The van der Waals surface area contributed by atoms with E-state index < -0.39 is 0 Å². The molecule has 2 aliphatic carbocycles. The number of benzene rings is 9. The summed E-state index contributed by atoms with van der Waals surface area (Å²) in [5.41, 5.74) is 23.0. The van der Waals surface area contributed by atoms with E-state index in [1.165, 1.54) is 94.8 Å². The number of hydrogen-bond donors (Lipinski definition) is 0. The molecule has 0 saturated carbocycles. The minimum atomic E-state index is -0.0828. The minimum absolute atomic E-state index is 0.0828. The summed E-state index contributed by atoms with van der Waals surface area (Å²) < 4.78 is 0. The van der Waals surface area contributed by atoms with E-state index in [9.17, 15) is 0 Å². The molecule has 1 heteroatoms. The van der Waals surface area contributed by atoms with Crippen LogP contribution in [0.4, 0.5) is 17.1 Å². The molecule has 0 radical (unpaired) electrons. The molecule has 9 aromatic carbocycles. The summed E-state index contributed by atoms with van der Waals surface area (Å²) in [5.74, 6) is 0. The quantitative estimate of drug-likeness (QED) is 0.151. The summed E-state index contributed by atoms with van der Waals surface area (Å²) in [7, 11) is 0. The highest BCUT2D eigenvalue weighted by atomic mass is 15.1. The normalized spacial score (nSPS) is 13.3. The summed E-state index contributed by atoms with van der Waals surface area (Å²) >= 11 is 0. The third kappa shape index (κ3) is 8.95. The van der Waals surface area contributed by atoms with Crippen molar-refractivity contribution in [3.63, 3.8) is 0 Å². The Kier molecular flexibility index (Phi) is 12.3. The van der Waals surface area contributed by atoms with Crippen LogP contribution in [-0.4, -0.2) is 0 Å². The first-order chi connectivity index (χ1) is 32.0. The van der Waals surface area contributed by atoms with Crippen LogP contribution < -0.4 is 4.90 Å². The van der Waals surface area contributed by atoms with Gasteiger partial charge in [-0.2, -0.15) is 0 Å². The van der Waals surface area contributed by atoms with Crippen LogP contribution in [0.1, 0.15) is 77.8 Å². The van der Waals surface area contributed by atoms with Crippen LogP contribution in [-0.2, 0) is 10.8 Å². The average molecular weight is 854 g/mol. The topological polar surface area (TPSA) is 3.24 Å². The zero-order valence-electron chi connectivity index (χ0n) is 39.4. The maximum atomic E-state index is 2.45. The predicted octanol–water partition coefficient (Wildman–Crippen LogP) is 17.9. The Hall–Kier alpha value is -7.48. The van der Waals surface area contributed by atoms with Crippen molar-refractivity contribution in [3.8, 4) is 33.4 Å². The lowest BCUT2D eigenvalue weighted by Crippen LogP contribution is -2.18. The molecular weight excluding hydrogens is 795 g/mol. The smallest absolute Gasteiger partial charge is 0.0465 e. The number of rotatable bonds is 6. The number of aryl methyl sites for hydroxylation is 3. The Balaban J connectivity index is 0.000000335. The standard InChI is InChI=1S/C51H43N.2C7H8/c1-34-14-16-35(17-15-34)18-19-36-20-22-37(23-21-36)38-24-26-39(27-25-38)52(40-28-30-44-42-10-6-8-12-46(42)50(2,3)48(44)32-40)41-29-31-45-43-11-7-9-13-47(43)51(4,5)49(45)33-41;2*1-7-5-3-2-4-6-7/h6-33H,1-5H3;2*2-6H,1H3/b19-18+;;. The average Bonchev–Trinajstić information content (AvgIpc) is 3.71. The molecule has 11 rings (SSSR count). The molecule has 1 nitrogen and oxygen atoms in total. The fourth-order valence-corrected chi connectivity index (χ4v) is 9.64. The minimum Gasteiger partial charge on any atom is -0.310 e. The Morgan fingerprint density at radius 2 is 0.636 bits per heavy atom. The summed E-state index contributed by atoms with van der Waals surface area (Å²) in [5, 5.41) is 0. The highest BCUT2D eigenvalue weighted by molar-refractivity contribution is 5.88. The third-order valence-electron chi connectivity index (χ3n) is 13.4. The Morgan fingerprint density at radius 3 is 1.05 bits per heavy atom. The molecule has 0 aromatic heterocycles. The second-order valence-corrected chi connectivity index (χ2v) is 18.9. The van der Waals surface area contributed by atoms with Gasteiger partial charge in [-0.3, -0.25) is 0 Å². The molecule has 0 N–H and O–H groups in total. The van der Waals surface area contributed by atoms with E-state index in [0.29, 0.717) is 0 Å². The highest BCUT2D eigenvalue weighted by Gasteiger charge is 2.37. The maximum absolute atomic E-state index is 2.45. The van der Waals surface area contributed by atoms with Gasteiger partial charge < -0.3 is 4.90 Å². The molecule has 0 atom stereocenters. The van der Waals surface area contributed by atoms with Gasteiger partial charge in [0.2, 0.25) is 0 Å². The van der Waals surface area contributed by atoms with E-state index in [4.69, 9.17) is 0 Å². The van der Waals surface area contributed by atoms with Gasteiger partial charge in [0.15, 0.2) is 0 Å². The highest BCUT2D eigenvalue weighted by Crippen LogP contribution is 2.53. The van der Waals surface area contributed by atoms with Gasteiger partial charge >= 0.3 is 0 Å². The Morgan fingerprint density at radius 1 is 0.303 bits per heavy atom. The van der Waals surface area contributed by atoms with Gasteiger partial charge in [0.1, 0.15) is 0 Å². The zero-order valence-corrected chi connectivity index (χ0v) is 39.4. The predicted molar refractivity (Wildman–Crippen MR) is 284 cm³/mol. The lowest BCUT2D eigenvalue weighted by atomic mass is 9.82. The molecule has 0 amide bonds. The molecule has 0 spiro atoms. The maximum Gasteiger partial charge on any atom is 0.0465 e. The molecule has 9 aromatic rings. The molecule has 2 aliphatic rings. The summed E-state index contributed by atoms with van der Waals surface area (Å²) in [6, 6.07) is 79.0. The van der Waals surface area contributed by atoms with Crippen molar-refractivity contribution in [1.29, 1.82) is 0 Å². The van der Waals surface area contributed by atoms with Gasteiger partial charge in [-0.1, -0.05) is 239 Å². The summed E-state index contributed by atoms with van der Waals surface area (Å²) in [4.78, 5) is 2.45. The lowest BCUT2D eigenvalue weighted by Gasteiger charge is -2.30. The van der Waals surface area contributed by atoms with Gasteiger partial charge in [-0.05, 0) is 124 Å². The van der Waals surface area contributed by atoms with Gasteiger partial charge in [0.05, 0.1) is 0 Å². The third-order valence-corrected chi connectivity index (χ3v) is 13.4. The van der Waals surface area contributed by atoms with Crippen LogP contribution >= 0.6 is 0 Å². The van der Waals surface area contributed by atoms with Crippen molar-refractivity contribution in [3.05, 3.63) is 268 Å². The molecule has 0 bridgehead atoms. The number of hydrogen-bond acceptors (Lipinski definition) is 1. The SMILES string of the molecule is Cc1ccc(/C=C/c2ccc(-c3ccc(N(c4ccc5c(c4)C(C)(C)c4ccccc4-5)c4ccc5c(c4)C(C)(C)c4ccccc4-5)cc3)cc2)cc1.Cc1ccccc1.Cc1ccccc1. The second kappa shape index (κ2) is 18.6. The summed E-state index contributed by atoms with van der Waals surface area (Å²) in [6.45, 7) is 15.7. The van der Waals surface area contributed by atoms with Crippen LogP contribution in [0.2, 0.25) is 0 Å². The number of nitrogens with zero attached hydrogens (tertiary/aromatic N) is 1.